The van der Waals surface area contributed by atoms with Crippen molar-refractivity contribution in [2.45, 2.75) is 25.6 Å². The zero-order valence-corrected chi connectivity index (χ0v) is 13.5. The van der Waals surface area contributed by atoms with E-state index in [1.165, 1.54) is 12.8 Å². The van der Waals surface area contributed by atoms with Crippen LogP contribution < -0.4 is 5.32 Å². The molecule has 1 fully saturated rings. The average Bonchev–Trinajstić information content (AvgIpc) is 3.18. The lowest BCUT2D eigenvalue weighted by molar-refractivity contribution is -0.138. The summed E-state index contributed by atoms with van der Waals surface area (Å²) >= 11 is 0.306. The normalized spacial score (nSPS) is 15.6. The topological polar surface area (TPSA) is 58.1 Å². The first-order valence-electron chi connectivity index (χ1n) is 7.45. The molecule has 0 unspecified atom stereocenters. The van der Waals surface area contributed by atoms with Crippen LogP contribution in [0.5, 0.6) is 0 Å². The van der Waals surface area contributed by atoms with Crippen LogP contribution >= 0.6 is 11.3 Å². The fourth-order valence-electron chi connectivity index (χ4n) is 2.57. The molecule has 0 radical (unpaired) electrons. The number of alkyl halides is 3. The summed E-state index contributed by atoms with van der Waals surface area (Å²) in [5.41, 5.74) is 1.38. The maximum Gasteiger partial charge on any atom is 0.445 e. The van der Waals surface area contributed by atoms with Gasteiger partial charge in [0.2, 0.25) is 10.1 Å². The number of aromatic nitrogens is 2. The summed E-state index contributed by atoms with van der Waals surface area (Å²) in [5.74, 6) is -0.497. The van der Waals surface area contributed by atoms with E-state index >= 15 is 0 Å². The van der Waals surface area contributed by atoms with Crippen LogP contribution in [0.25, 0.3) is 0 Å². The number of rotatable bonds is 4. The Hall–Kier alpha value is -2.00. The third-order valence-corrected chi connectivity index (χ3v) is 4.57. The largest absolute Gasteiger partial charge is 0.445 e. The molecular weight excluding hydrogens is 341 g/mol. The second-order valence-corrected chi connectivity index (χ2v) is 6.53. The van der Waals surface area contributed by atoms with Gasteiger partial charge in [0.1, 0.15) is 0 Å². The summed E-state index contributed by atoms with van der Waals surface area (Å²) in [6.07, 6.45) is -2.20. The Morgan fingerprint density at radius 3 is 2.67 bits per heavy atom. The number of carbonyl (C=O) groups excluding carboxylic acids is 1. The molecule has 2 heterocycles. The summed E-state index contributed by atoms with van der Waals surface area (Å²) < 4.78 is 37.5. The number of hydrogen-bond donors (Lipinski definition) is 1. The van der Waals surface area contributed by atoms with E-state index in [0.29, 0.717) is 16.9 Å². The zero-order valence-electron chi connectivity index (χ0n) is 12.6. The molecule has 0 atom stereocenters. The van der Waals surface area contributed by atoms with Crippen molar-refractivity contribution < 1.29 is 18.0 Å². The smallest absolute Gasteiger partial charge is 0.299 e. The minimum absolute atomic E-state index is 0.169. The van der Waals surface area contributed by atoms with E-state index in [-0.39, 0.29) is 5.13 Å². The lowest BCUT2D eigenvalue weighted by Gasteiger charge is -2.14. The second kappa shape index (κ2) is 6.86. The van der Waals surface area contributed by atoms with Crippen LogP contribution in [0.3, 0.4) is 0 Å². The highest BCUT2D eigenvalue weighted by Gasteiger charge is 2.35. The molecule has 3 rings (SSSR count). The number of halogens is 3. The number of benzene rings is 1. The first kappa shape index (κ1) is 16.8. The van der Waals surface area contributed by atoms with Crippen LogP contribution in [0.2, 0.25) is 0 Å². The van der Waals surface area contributed by atoms with Gasteiger partial charge in [-0.15, -0.1) is 10.2 Å². The molecule has 1 aliphatic rings. The average molecular weight is 356 g/mol. The van der Waals surface area contributed by atoms with Gasteiger partial charge in [-0.3, -0.25) is 15.0 Å². The minimum Gasteiger partial charge on any atom is -0.299 e. The molecular formula is C15H15F3N4OS. The molecule has 1 aliphatic heterocycles. The molecule has 0 saturated carbocycles. The van der Waals surface area contributed by atoms with Crippen LogP contribution in [-0.2, 0) is 12.7 Å². The predicted octanol–water partition coefficient (Wildman–Crippen LogP) is 3.41. The molecule has 1 aromatic carbocycles. The van der Waals surface area contributed by atoms with E-state index in [9.17, 15) is 18.0 Å². The van der Waals surface area contributed by atoms with Crippen LogP contribution in [0.1, 0.15) is 33.8 Å². The van der Waals surface area contributed by atoms with Gasteiger partial charge in [0.05, 0.1) is 0 Å². The fourth-order valence-corrected chi connectivity index (χ4v) is 3.17. The van der Waals surface area contributed by atoms with Gasteiger partial charge in [-0.1, -0.05) is 23.5 Å². The maximum absolute atomic E-state index is 12.5. The number of anilines is 1. The monoisotopic (exact) mass is 356 g/mol. The summed E-state index contributed by atoms with van der Waals surface area (Å²) in [6, 6.07) is 7.07. The van der Waals surface area contributed by atoms with E-state index in [1.807, 2.05) is 6.07 Å². The van der Waals surface area contributed by atoms with Crippen molar-refractivity contribution in [2.75, 3.05) is 18.4 Å². The van der Waals surface area contributed by atoms with Gasteiger partial charge in [-0.25, -0.2) is 0 Å². The number of likely N-dealkylation sites (tertiary alicyclic amines) is 1. The molecule has 1 N–H and O–H groups in total. The molecule has 1 amide bonds. The van der Waals surface area contributed by atoms with Gasteiger partial charge >= 0.3 is 6.18 Å². The van der Waals surface area contributed by atoms with Gasteiger partial charge in [-0.2, -0.15) is 13.2 Å². The van der Waals surface area contributed by atoms with Gasteiger partial charge in [-0.05, 0) is 43.6 Å². The quantitative estimate of drug-likeness (QED) is 0.912. The predicted molar refractivity (Wildman–Crippen MR) is 83.8 cm³/mol. The van der Waals surface area contributed by atoms with Crippen molar-refractivity contribution >= 4 is 22.4 Å². The molecule has 0 aliphatic carbocycles. The van der Waals surface area contributed by atoms with Crippen LogP contribution in [0, 0.1) is 0 Å². The first-order chi connectivity index (χ1) is 11.4. The lowest BCUT2D eigenvalue weighted by atomic mass is 10.1. The minimum atomic E-state index is -4.56. The summed E-state index contributed by atoms with van der Waals surface area (Å²) in [4.78, 5) is 14.5. The Balaban J connectivity index is 1.67. The highest BCUT2D eigenvalue weighted by Crippen LogP contribution is 2.33. The Morgan fingerprint density at radius 2 is 2.00 bits per heavy atom. The molecule has 128 valence electrons. The summed E-state index contributed by atoms with van der Waals surface area (Å²) in [5, 5.41) is 7.52. The molecule has 2 aromatic rings. The number of nitrogens with one attached hydrogen (secondary N) is 1. The first-order valence-corrected chi connectivity index (χ1v) is 8.27. The standard InChI is InChI=1S/C15H15F3N4OS/c16-15(17,18)13-20-21-14(24-13)19-12(23)11-5-3-4-10(8-11)9-22-6-1-2-7-22/h3-5,8H,1-2,6-7,9H2,(H,19,21,23). The highest BCUT2D eigenvalue weighted by atomic mass is 32.1. The third-order valence-electron chi connectivity index (χ3n) is 3.68. The van der Waals surface area contributed by atoms with E-state index in [2.05, 4.69) is 20.4 Å². The molecule has 5 nitrogen and oxygen atoms in total. The van der Waals surface area contributed by atoms with Crippen molar-refractivity contribution in [2.24, 2.45) is 0 Å². The van der Waals surface area contributed by atoms with E-state index in [0.717, 1.165) is 25.2 Å². The molecule has 0 bridgehead atoms. The number of carbonyl (C=O) groups is 1. The number of nitrogens with zero attached hydrogens (tertiary/aromatic N) is 3. The highest BCUT2D eigenvalue weighted by molar-refractivity contribution is 7.15. The van der Waals surface area contributed by atoms with Gasteiger partial charge < -0.3 is 0 Å². The molecule has 1 saturated heterocycles. The Labute approximate surface area is 140 Å². The van der Waals surface area contributed by atoms with Crippen molar-refractivity contribution in [1.82, 2.24) is 15.1 Å². The zero-order chi connectivity index (χ0) is 17.2. The third kappa shape index (κ3) is 4.09. The van der Waals surface area contributed by atoms with Gasteiger partial charge in [0.15, 0.2) is 0 Å². The lowest BCUT2D eigenvalue weighted by Crippen LogP contribution is -2.19. The van der Waals surface area contributed by atoms with E-state index < -0.39 is 17.1 Å². The van der Waals surface area contributed by atoms with Crippen molar-refractivity contribution in [3.63, 3.8) is 0 Å². The number of hydrogen-bond acceptors (Lipinski definition) is 5. The number of amides is 1. The van der Waals surface area contributed by atoms with Crippen LogP contribution in [-0.4, -0.2) is 34.1 Å². The van der Waals surface area contributed by atoms with Crippen molar-refractivity contribution in [1.29, 1.82) is 0 Å². The SMILES string of the molecule is O=C(Nc1nnc(C(F)(F)F)s1)c1cccc(CN2CCCC2)c1. The van der Waals surface area contributed by atoms with Crippen molar-refractivity contribution in [3.05, 3.63) is 40.4 Å². The Kier molecular flexibility index (Phi) is 4.81. The maximum atomic E-state index is 12.5. The fraction of sp³-hybridized carbons (Fsp3) is 0.400. The van der Waals surface area contributed by atoms with E-state index in [1.54, 1.807) is 18.2 Å². The molecule has 0 spiro atoms. The van der Waals surface area contributed by atoms with E-state index in [4.69, 9.17) is 0 Å². The molecule has 24 heavy (non-hydrogen) atoms. The summed E-state index contributed by atoms with van der Waals surface area (Å²) in [6.45, 7) is 2.85. The van der Waals surface area contributed by atoms with Crippen LogP contribution in [0.15, 0.2) is 24.3 Å². The van der Waals surface area contributed by atoms with Gasteiger partial charge in [0, 0.05) is 12.1 Å². The Morgan fingerprint density at radius 1 is 1.25 bits per heavy atom. The van der Waals surface area contributed by atoms with Gasteiger partial charge in [0.25, 0.3) is 5.91 Å². The van der Waals surface area contributed by atoms with Crippen LogP contribution in [0.4, 0.5) is 18.3 Å². The molecule has 9 heteroatoms. The molecule has 1 aromatic heterocycles. The second-order valence-electron chi connectivity index (χ2n) is 5.55. The summed E-state index contributed by atoms with van der Waals surface area (Å²) in [7, 11) is 0. The van der Waals surface area contributed by atoms with Crippen molar-refractivity contribution in [3.8, 4) is 0 Å². The Bertz CT molecular complexity index is 726.